The van der Waals surface area contributed by atoms with E-state index in [0.29, 0.717) is 5.02 Å². The molecule has 4 rings (SSSR count). The number of aliphatic carboxylic acids is 1. The summed E-state index contributed by atoms with van der Waals surface area (Å²) in [7, 11) is 1.45. The van der Waals surface area contributed by atoms with Crippen LogP contribution in [0.15, 0.2) is 48.5 Å². The Morgan fingerprint density at radius 2 is 1.81 bits per heavy atom. The maximum atomic E-state index is 13.4. The molecule has 10 nitrogen and oxygen atoms in total. The van der Waals surface area contributed by atoms with E-state index in [2.05, 4.69) is 10.1 Å². The van der Waals surface area contributed by atoms with Crippen LogP contribution in [0.1, 0.15) is 12.0 Å². The molecule has 2 aromatic rings. The van der Waals surface area contributed by atoms with Crippen molar-refractivity contribution in [2.75, 3.05) is 13.6 Å². The third-order valence-corrected chi connectivity index (χ3v) is 6.11. The van der Waals surface area contributed by atoms with Gasteiger partial charge in [-0.2, -0.15) is 0 Å². The van der Waals surface area contributed by atoms with Crippen molar-refractivity contribution >= 4 is 29.5 Å². The van der Waals surface area contributed by atoms with Crippen LogP contribution in [-0.4, -0.2) is 76.2 Å². The lowest BCUT2D eigenvalue weighted by Crippen LogP contribution is -2.66. The number of fused-ring (bicyclic) bond motifs is 1. The molecule has 2 aliphatic rings. The highest BCUT2D eigenvalue weighted by atomic mass is 35.5. The molecule has 2 N–H and O–H groups in total. The molecule has 2 fully saturated rings. The molecule has 3 unspecified atom stereocenters. The first-order chi connectivity index (χ1) is 17.4. The average Bonchev–Trinajstić information content (AvgIpc) is 3.16. The summed E-state index contributed by atoms with van der Waals surface area (Å²) in [5, 5.41) is 12.6. The molecule has 3 atom stereocenters. The van der Waals surface area contributed by atoms with Crippen LogP contribution in [-0.2, 0) is 16.1 Å². The average molecular weight is 543 g/mol. The largest absolute Gasteiger partial charge is 0.573 e. The van der Waals surface area contributed by atoms with Gasteiger partial charge in [0.2, 0.25) is 6.35 Å². The van der Waals surface area contributed by atoms with E-state index >= 15 is 0 Å². The molecule has 0 bridgehead atoms. The number of nitrogens with one attached hydrogen (secondary N) is 1. The maximum Gasteiger partial charge on any atom is 0.573 e. The second-order valence-corrected chi connectivity index (χ2v) is 8.81. The first kappa shape index (κ1) is 26.5. The zero-order valence-electron chi connectivity index (χ0n) is 19.3. The zero-order chi connectivity index (χ0) is 26.9. The van der Waals surface area contributed by atoms with E-state index in [9.17, 15) is 27.6 Å². The highest BCUT2D eigenvalue weighted by Gasteiger charge is 2.55. The predicted octanol–water partition coefficient (Wildman–Crippen LogP) is 3.07. The molecule has 3 amide bonds. The highest BCUT2D eigenvalue weighted by molar-refractivity contribution is 6.30. The van der Waals surface area contributed by atoms with Crippen LogP contribution in [0.25, 0.3) is 0 Å². The number of ether oxygens (including phenoxy) is 2. The van der Waals surface area contributed by atoms with Crippen molar-refractivity contribution in [3.8, 4) is 11.5 Å². The number of hydrogen-bond acceptors (Lipinski definition) is 7. The monoisotopic (exact) mass is 542 g/mol. The van der Waals surface area contributed by atoms with Crippen LogP contribution < -0.4 is 14.8 Å². The van der Waals surface area contributed by atoms with Crippen molar-refractivity contribution in [3.05, 3.63) is 59.1 Å². The molecule has 0 radical (unpaired) electrons. The van der Waals surface area contributed by atoms with Gasteiger partial charge in [-0.1, -0.05) is 29.8 Å². The van der Waals surface area contributed by atoms with Crippen molar-refractivity contribution in [2.45, 2.75) is 37.9 Å². The van der Waals surface area contributed by atoms with E-state index in [1.54, 1.807) is 29.2 Å². The minimum atomic E-state index is -4.89. The third kappa shape index (κ3) is 6.06. The van der Waals surface area contributed by atoms with E-state index < -0.39 is 55.0 Å². The lowest BCUT2D eigenvalue weighted by atomic mass is 10.1. The number of alkyl halides is 3. The van der Waals surface area contributed by atoms with E-state index in [1.165, 1.54) is 24.1 Å². The number of imide groups is 1. The Kier molecular flexibility index (Phi) is 7.48. The lowest BCUT2D eigenvalue weighted by molar-refractivity contribution is -0.274. The maximum absolute atomic E-state index is 13.4. The van der Waals surface area contributed by atoms with Crippen molar-refractivity contribution in [1.29, 1.82) is 0 Å². The second-order valence-electron chi connectivity index (χ2n) is 8.38. The van der Waals surface area contributed by atoms with Gasteiger partial charge in [-0.25, -0.2) is 15.0 Å². The topological polar surface area (TPSA) is 112 Å². The summed E-state index contributed by atoms with van der Waals surface area (Å²) in [4.78, 5) is 41.1. The third-order valence-electron chi connectivity index (χ3n) is 5.85. The van der Waals surface area contributed by atoms with Gasteiger partial charge in [-0.3, -0.25) is 14.5 Å². The standard InChI is InChI=1S/C23H22ClF3N4O6/c1-29-19-18(20(34)30(22(29)35)10-9-17(32)33)31(12-13-5-7-14(24)8-6-13)21(28-19)36-15-3-2-4-16(11-15)37-23(25,26)27/h2-8,11,18-19,21,28H,9-10,12H2,1H3,(H,32,33). The summed E-state index contributed by atoms with van der Waals surface area (Å²) in [5.41, 5.74) is 0.735. The lowest BCUT2D eigenvalue weighted by Gasteiger charge is -2.41. The Hall–Kier alpha value is -3.55. The number of likely N-dealkylation sites (N-methyl/N-ethyl adjacent to an activating group) is 1. The molecule has 0 aliphatic carbocycles. The molecule has 2 saturated heterocycles. The molecular weight excluding hydrogens is 521 g/mol. The fraction of sp³-hybridized carbons (Fsp3) is 0.348. The second kappa shape index (κ2) is 10.4. The number of amides is 3. The summed E-state index contributed by atoms with van der Waals surface area (Å²) < 4.78 is 47.9. The number of benzene rings is 2. The van der Waals surface area contributed by atoms with Gasteiger partial charge in [-0.05, 0) is 29.8 Å². The van der Waals surface area contributed by atoms with Crippen molar-refractivity contribution in [3.63, 3.8) is 0 Å². The van der Waals surface area contributed by atoms with Gasteiger partial charge < -0.3 is 19.5 Å². The molecule has 37 heavy (non-hydrogen) atoms. The molecular formula is C23H22ClF3N4O6. The normalized spacial score (nSPS) is 22.2. The van der Waals surface area contributed by atoms with E-state index in [0.717, 1.165) is 22.6 Å². The van der Waals surface area contributed by atoms with Crippen molar-refractivity contribution in [1.82, 2.24) is 20.0 Å². The van der Waals surface area contributed by atoms with E-state index in [-0.39, 0.29) is 18.8 Å². The fourth-order valence-corrected chi connectivity index (χ4v) is 4.32. The van der Waals surface area contributed by atoms with Gasteiger partial charge in [0, 0.05) is 31.2 Å². The first-order valence-corrected chi connectivity index (χ1v) is 11.4. The Morgan fingerprint density at radius 3 is 2.46 bits per heavy atom. The summed E-state index contributed by atoms with van der Waals surface area (Å²) in [6.07, 6.45) is -7.23. The van der Waals surface area contributed by atoms with Gasteiger partial charge >= 0.3 is 18.4 Å². The number of halogens is 4. The number of carboxylic acids is 1. The van der Waals surface area contributed by atoms with Crippen molar-refractivity contribution < 1.29 is 42.1 Å². The molecule has 2 aromatic carbocycles. The number of hydrogen-bond donors (Lipinski definition) is 2. The number of rotatable bonds is 8. The molecule has 14 heteroatoms. The van der Waals surface area contributed by atoms with Crippen LogP contribution in [0.4, 0.5) is 18.0 Å². The predicted molar refractivity (Wildman–Crippen MR) is 122 cm³/mol. The summed E-state index contributed by atoms with van der Waals surface area (Å²) in [5.74, 6) is -2.28. The van der Waals surface area contributed by atoms with Gasteiger partial charge in [-0.15, -0.1) is 13.2 Å². The fourth-order valence-electron chi connectivity index (χ4n) is 4.19. The number of nitrogens with zero attached hydrogens (tertiary/aromatic N) is 3. The number of carbonyl (C=O) groups excluding carboxylic acids is 2. The summed E-state index contributed by atoms with van der Waals surface area (Å²) in [6, 6.07) is 10.0. The molecule has 2 aliphatic heterocycles. The molecule has 2 heterocycles. The van der Waals surface area contributed by atoms with Crippen LogP contribution in [0.5, 0.6) is 11.5 Å². The van der Waals surface area contributed by atoms with Crippen LogP contribution >= 0.6 is 11.6 Å². The zero-order valence-corrected chi connectivity index (χ0v) is 20.1. The Morgan fingerprint density at radius 1 is 1.14 bits per heavy atom. The molecule has 0 aromatic heterocycles. The highest BCUT2D eigenvalue weighted by Crippen LogP contribution is 2.32. The number of carbonyl (C=O) groups is 3. The first-order valence-electron chi connectivity index (χ1n) is 11.0. The molecule has 0 spiro atoms. The minimum Gasteiger partial charge on any atom is -0.481 e. The van der Waals surface area contributed by atoms with Gasteiger partial charge in [0.1, 0.15) is 23.7 Å². The quantitative estimate of drug-likeness (QED) is 0.523. The molecule has 198 valence electrons. The van der Waals surface area contributed by atoms with E-state index in [1.807, 2.05) is 0 Å². The van der Waals surface area contributed by atoms with Gasteiger partial charge in [0.15, 0.2) is 0 Å². The van der Waals surface area contributed by atoms with Gasteiger partial charge in [0.25, 0.3) is 5.91 Å². The number of carboxylic acid groups (broad SMARTS) is 1. The Balaban J connectivity index is 1.64. The minimum absolute atomic E-state index is 0.0168. The summed E-state index contributed by atoms with van der Waals surface area (Å²) >= 11 is 5.98. The van der Waals surface area contributed by atoms with Crippen LogP contribution in [0.3, 0.4) is 0 Å². The SMILES string of the molecule is CN1C(=O)N(CCC(=O)O)C(=O)C2C1NC(Oc1cccc(OC(F)(F)F)c1)N2Cc1ccc(Cl)cc1. The number of urea groups is 1. The van der Waals surface area contributed by atoms with Gasteiger partial charge in [0.05, 0.1) is 6.42 Å². The van der Waals surface area contributed by atoms with Crippen LogP contribution in [0, 0.1) is 0 Å². The Bertz CT molecular complexity index is 1180. The summed E-state index contributed by atoms with van der Waals surface area (Å²) in [6.45, 7) is -0.188. The smallest absolute Gasteiger partial charge is 0.481 e. The van der Waals surface area contributed by atoms with Crippen molar-refractivity contribution in [2.24, 2.45) is 0 Å². The van der Waals surface area contributed by atoms with Crippen LogP contribution in [0.2, 0.25) is 5.02 Å². The van der Waals surface area contributed by atoms with E-state index in [4.69, 9.17) is 21.4 Å². The Labute approximate surface area is 214 Å². The molecule has 0 saturated carbocycles.